The van der Waals surface area contributed by atoms with Crippen LogP contribution in [0.25, 0.3) is 0 Å². The van der Waals surface area contributed by atoms with E-state index in [0.29, 0.717) is 13.5 Å². The summed E-state index contributed by atoms with van der Waals surface area (Å²) in [6, 6.07) is 25.1. The molecule has 0 N–H and O–H groups in total. The highest BCUT2D eigenvalue weighted by Crippen LogP contribution is 2.31. The molecule has 0 saturated heterocycles. The molecule has 2 heterocycles. The second kappa shape index (κ2) is 6.30. The molecule has 5 rings (SSSR count). The number of anilines is 2. The molecule has 2 aliphatic rings. The van der Waals surface area contributed by atoms with E-state index in [9.17, 15) is 0 Å². The highest BCUT2D eigenvalue weighted by molar-refractivity contribution is 5.58. The second-order valence-corrected chi connectivity index (χ2v) is 6.67. The molecule has 0 spiro atoms. The van der Waals surface area contributed by atoms with Crippen molar-refractivity contribution < 1.29 is 9.47 Å². The number of hydrogen-bond acceptors (Lipinski definition) is 4. The lowest BCUT2D eigenvalue weighted by atomic mass is 10.1. The van der Waals surface area contributed by atoms with Crippen LogP contribution in [0.1, 0.15) is 11.1 Å². The average Bonchev–Trinajstić information content (AvgIpc) is 2.73. The van der Waals surface area contributed by atoms with Crippen molar-refractivity contribution in [2.45, 2.75) is 13.1 Å². The van der Waals surface area contributed by atoms with Crippen LogP contribution in [-0.2, 0) is 13.1 Å². The number of hydrogen-bond donors (Lipinski definition) is 0. The lowest BCUT2D eigenvalue weighted by molar-refractivity contribution is 0.288. The van der Waals surface area contributed by atoms with Crippen molar-refractivity contribution >= 4 is 11.4 Å². The lowest BCUT2D eigenvalue weighted by Gasteiger charge is -2.32. The summed E-state index contributed by atoms with van der Waals surface area (Å²) in [5, 5.41) is 0. The zero-order chi connectivity index (χ0) is 17.3. The summed E-state index contributed by atoms with van der Waals surface area (Å²) in [5.41, 5.74) is 4.79. The first-order chi connectivity index (χ1) is 12.9. The van der Waals surface area contributed by atoms with Gasteiger partial charge in [-0.1, -0.05) is 36.4 Å². The predicted molar refractivity (Wildman–Crippen MR) is 103 cm³/mol. The van der Waals surface area contributed by atoms with E-state index in [0.717, 1.165) is 24.6 Å². The molecule has 0 aromatic heterocycles. The summed E-state index contributed by atoms with van der Waals surface area (Å²) < 4.78 is 11.7. The van der Waals surface area contributed by atoms with Crippen molar-refractivity contribution in [2.75, 3.05) is 23.3 Å². The third-order valence-electron chi connectivity index (χ3n) is 5.00. The Labute approximate surface area is 153 Å². The fourth-order valence-corrected chi connectivity index (χ4v) is 3.55. The molecule has 130 valence electrons. The number of rotatable bonds is 2. The van der Waals surface area contributed by atoms with Crippen LogP contribution in [0.2, 0.25) is 0 Å². The zero-order valence-corrected chi connectivity index (χ0v) is 14.5. The van der Waals surface area contributed by atoms with E-state index in [2.05, 4.69) is 58.3 Å². The number of fused-ring (bicyclic) bond motifs is 2. The fraction of sp³-hybridized carbons (Fsp3) is 0.182. The van der Waals surface area contributed by atoms with E-state index < -0.39 is 0 Å². The van der Waals surface area contributed by atoms with Crippen molar-refractivity contribution in [1.29, 1.82) is 0 Å². The predicted octanol–water partition coefficient (Wildman–Crippen LogP) is 4.40. The molecule has 0 saturated carbocycles. The van der Waals surface area contributed by atoms with E-state index in [4.69, 9.17) is 9.47 Å². The Kier molecular flexibility index (Phi) is 3.67. The van der Waals surface area contributed by atoms with Crippen LogP contribution in [0.15, 0.2) is 72.8 Å². The minimum absolute atomic E-state index is 0.580. The minimum atomic E-state index is 0.580. The largest absolute Gasteiger partial charge is 0.473 e. The Bertz CT molecular complexity index is 847. The van der Waals surface area contributed by atoms with E-state index in [1.54, 1.807) is 0 Å². The summed E-state index contributed by atoms with van der Waals surface area (Å²) in [7, 11) is 0. The summed E-state index contributed by atoms with van der Waals surface area (Å²) in [6.07, 6.45) is 0. The van der Waals surface area contributed by atoms with E-state index in [1.165, 1.54) is 22.5 Å². The van der Waals surface area contributed by atoms with Gasteiger partial charge in [-0.25, -0.2) is 0 Å². The first-order valence-electron chi connectivity index (χ1n) is 8.88. The normalized spacial score (nSPS) is 15.5. The van der Waals surface area contributed by atoms with Crippen LogP contribution in [0.4, 0.5) is 11.4 Å². The Morgan fingerprint density at radius 3 is 1.42 bits per heavy atom. The molecule has 0 bridgehead atoms. The molecule has 3 aromatic rings. The van der Waals surface area contributed by atoms with Gasteiger partial charge in [0, 0.05) is 35.6 Å². The smallest absolute Gasteiger partial charge is 0.161 e. The molecule has 0 atom stereocenters. The van der Waals surface area contributed by atoms with Crippen molar-refractivity contribution in [3.05, 3.63) is 83.9 Å². The monoisotopic (exact) mass is 344 g/mol. The van der Waals surface area contributed by atoms with Crippen LogP contribution >= 0.6 is 0 Å². The van der Waals surface area contributed by atoms with Gasteiger partial charge in [0.2, 0.25) is 0 Å². The first kappa shape index (κ1) is 15.1. The van der Waals surface area contributed by atoms with Gasteiger partial charge in [0.25, 0.3) is 0 Å². The maximum atomic E-state index is 5.87. The van der Waals surface area contributed by atoms with Crippen molar-refractivity contribution in [3.8, 4) is 11.5 Å². The average molecular weight is 344 g/mol. The van der Waals surface area contributed by atoms with E-state index >= 15 is 0 Å². The molecule has 4 heteroatoms. The van der Waals surface area contributed by atoms with Crippen LogP contribution in [0.5, 0.6) is 11.5 Å². The third kappa shape index (κ3) is 2.73. The van der Waals surface area contributed by atoms with Gasteiger partial charge >= 0.3 is 0 Å². The molecular formula is C22H20N2O2. The second-order valence-electron chi connectivity index (χ2n) is 6.67. The van der Waals surface area contributed by atoms with Gasteiger partial charge in [-0.05, 0) is 36.4 Å². The zero-order valence-electron chi connectivity index (χ0n) is 14.5. The molecular weight excluding hydrogens is 324 g/mol. The Hall–Kier alpha value is -3.14. The highest BCUT2D eigenvalue weighted by Gasteiger charge is 2.19. The maximum Gasteiger partial charge on any atom is 0.161 e. The molecule has 0 unspecified atom stereocenters. The standard InChI is InChI=1S/C22H20N2O2/c1-3-7-21-17(5-1)13-23(15-25-21)19-9-11-20(12-10-19)24-14-18-6-2-4-8-22(18)26-16-24/h1-12H,13-16H2. The Morgan fingerprint density at radius 1 is 0.538 bits per heavy atom. The number of nitrogens with zero attached hydrogens (tertiary/aromatic N) is 2. The molecule has 2 aliphatic heterocycles. The topological polar surface area (TPSA) is 24.9 Å². The third-order valence-corrected chi connectivity index (χ3v) is 5.00. The summed E-state index contributed by atoms with van der Waals surface area (Å²) >= 11 is 0. The number of para-hydroxylation sites is 2. The van der Waals surface area contributed by atoms with Gasteiger partial charge in [0.05, 0.1) is 0 Å². The van der Waals surface area contributed by atoms with Crippen LogP contribution < -0.4 is 19.3 Å². The molecule has 0 radical (unpaired) electrons. The van der Waals surface area contributed by atoms with Gasteiger partial charge < -0.3 is 19.3 Å². The quantitative estimate of drug-likeness (QED) is 0.688. The SMILES string of the molecule is c1ccc2c(c1)CN(c1ccc(N3COc4ccccc4C3)cc1)CO2. The Morgan fingerprint density at radius 2 is 0.962 bits per heavy atom. The summed E-state index contributed by atoms with van der Waals surface area (Å²) in [6.45, 7) is 2.90. The van der Waals surface area contributed by atoms with Crippen molar-refractivity contribution in [3.63, 3.8) is 0 Å². The maximum absolute atomic E-state index is 5.87. The molecule has 3 aromatic carbocycles. The molecule has 0 fully saturated rings. The summed E-state index contributed by atoms with van der Waals surface area (Å²) in [4.78, 5) is 4.49. The molecule has 4 nitrogen and oxygen atoms in total. The number of benzene rings is 3. The highest BCUT2D eigenvalue weighted by atomic mass is 16.5. The first-order valence-corrected chi connectivity index (χ1v) is 8.88. The number of ether oxygens (including phenoxy) is 2. The minimum Gasteiger partial charge on any atom is -0.473 e. The van der Waals surface area contributed by atoms with Crippen LogP contribution in [-0.4, -0.2) is 13.5 Å². The van der Waals surface area contributed by atoms with Crippen LogP contribution in [0, 0.1) is 0 Å². The molecule has 26 heavy (non-hydrogen) atoms. The van der Waals surface area contributed by atoms with E-state index in [-0.39, 0.29) is 0 Å². The fourth-order valence-electron chi connectivity index (χ4n) is 3.55. The van der Waals surface area contributed by atoms with Crippen LogP contribution in [0.3, 0.4) is 0 Å². The van der Waals surface area contributed by atoms with Gasteiger partial charge in [-0.15, -0.1) is 0 Å². The molecule has 0 amide bonds. The van der Waals surface area contributed by atoms with Gasteiger partial charge in [-0.2, -0.15) is 0 Å². The van der Waals surface area contributed by atoms with Gasteiger partial charge in [-0.3, -0.25) is 0 Å². The van der Waals surface area contributed by atoms with Gasteiger partial charge in [0.1, 0.15) is 11.5 Å². The van der Waals surface area contributed by atoms with Gasteiger partial charge in [0.15, 0.2) is 13.5 Å². The van der Waals surface area contributed by atoms with E-state index in [1.807, 2.05) is 24.3 Å². The van der Waals surface area contributed by atoms with Crippen molar-refractivity contribution in [1.82, 2.24) is 0 Å². The van der Waals surface area contributed by atoms with Crippen molar-refractivity contribution in [2.24, 2.45) is 0 Å². The summed E-state index contributed by atoms with van der Waals surface area (Å²) in [5.74, 6) is 1.98. The lowest BCUT2D eigenvalue weighted by Crippen LogP contribution is -2.32. The molecule has 0 aliphatic carbocycles. The Balaban J connectivity index is 1.33.